The molecule has 0 amide bonds. The molecule has 2 heteroatoms. The minimum atomic E-state index is -0.360. The van der Waals surface area contributed by atoms with Gasteiger partial charge in [0.15, 0.2) is 5.78 Å². The molecule has 1 unspecified atom stereocenters. The summed E-state index contributed by atoms with van der Waals surface area (Å²) in [6.07, 6.45) is 2.52. The van der Waals surface area contributed by atoms with Crippen molar-refractivity contribution in [3.63, 3.8) is 0 Å². The number of benzene rings is 2. The van der Waals surface area contributed by atoms with E-state index in [4.69, 9.17) is 4.74 Å². The van der Waals surface area contributed by atoms with Gasteiger partial charge in [-0.2, -0.15) is 0 Å². The molecule has 1 aliphatic rings. The molecule has 0 saturated carbocycles. The quantitative estimate of drug-likeness (QED) is 0.701. The predicted octanol–water partition coefficient (Wildman–Crippen LogP) is 4.98. The lowest BCUT2D eigenvalue weighted by atomic mass is 9.69. The van der Waals surface area contributed by atoms with Crippen molar-refractivity contribution in [2.75, 3.05) is 6.61 Å². The van der Waals surface area contributed by atoms with Crippen molar-refractivity contribution in [2.45, 2.75) is 32.8 Å². The Bertz CT molecular complexity index is 733. The molecular weight excluding hydrogens is 296 g/mol. The highest BCUT2D eigenvalue weighted by molar-refractivity contribution is 6.02. The second-order valence-corrected chi connectivity index (χ2v) is 6.95. The fraction of sp³-hybridized carbons (Fsp3) is 0.318. The summed E-state index contributed by atoms with van der Waals surface area (Å²) in [5.74, 6) is 0.244. The summed E-state index contributed by atoms with van der Waals surface area (Å²) < 4.78 is 5.76. The van der Waals surface area contributed by atoms with E-state index < -0.39 is 0 Å². The number of carbonyl (C=O) groups is 1. The Morgan fingerprint density at radius 3 is 2.62 bits per heavy atom. The highest BCUT2D eigenvalue weighted by Gasteiger charge is 2.38. The maximum absolute atomic E-state index is 12.9. The van der Waals surface area contributed by atoms with Gasteiger partial charge >= 0.3 is 0 Å². The van der Waals surface area contributed by atoms with Crippen LogP contribution < -0.4 is 0 Å². The van der Waals surface area contributed by atoms with Crippen LogP contribution in [-0.4, -0.2) is 12.4 Å². The summed E-state index contributed by atoms with van der Waals surface area (Å²) >= 11 is 0. The SMILES string of the molecule is C=C(COCc1ccccc1)CC1(C)CCc2ccccc2C1=O. The number of fused-ring (bicyclic) bond motifs is 1. The van der Waals surface area contributed by atoms with Crippen LogP contribution in [0.25, 0.3) is 0 Å². The van der Waals surface area contributed by atoms with Gasteiger partial charge in [0.25, 0.3) is 0 Å². The van der Waals surface area contributed by atoms with Gasteiger partial charge in [-0.05, 0) is 30.4 Å². The summed E-state index contributed by atoms with van der Waals surface area (Å²) in [6.45, 7) is 7.28. The van der Waals surface area contributed by atoms with Gasteiger partial charge in [-0.15, -0.1) is 0 Å². The molecule has 0 fully saturated rings. The van der Waals surface area contributed by atoms with Gasteiger partial charge in [0.1, 0.15) is 0 Å². The Balaban J connectivity index is 1.57. The first-order valence-corrected chi connectivity index (χ1v) is 8.49. The van der Waals surface area contributed by atoms with E-state index in [-0.39, 0.29) is 11.2 Å². The normalized spacial score (nSPS) is 19.8. The van der Waals surface area contributed by atoms with Crippen LogP contribution in [0.1, 0.15) is 41.3 Å². The van der Waals surface area contributed by atoms with Crippen LogP contribution in [0, 0.1) is 5.41 Å². The number of rotatable bonds is 6. The van der Waals surface area contributed by atoms with Crippen molar-refractivity contribution in [3.8, 4) is 0 Å². The number of ketones is 1. The third-order valence-corrected chi connectivity index (χ3v) is 4.81. The molecule has 0 heterocycles. The Hall–Kier alpha value is -2.19. The molecule has 0 radical (unpaired) electrons. The summed E-state index contributed by atoms with van der Waals surface area (Å²) in [4.78, 5) is 12.9. The van der Waals surface area contributed by atoms with Crippen molar-refractivity contribution in [1.29, 1.82) is 0 Å². The molecule has 0 aromatic heterocycles. The average Bonchev–Trinajstić information content (AvgIpc) is 2.60. The van der Waals surface area contributed by atoms with Gasteiger partial charge < -0.3 is 4.74 Å². The fourth-order valence-corrected chi connectivity index (χ4v) is 3.47. The minimum Gasteiger partial charge on any atom is -0.372 e. The number of carbonyl (C=O) groups excluding carboxylic acids is 1. The van der Waals surface area contributed by atoms with E-state index in [1.165, 1.54) is 5.56 Å². The van der Waals surface area contributed by atoms with Crippen LogP contribution in [0.2, 0.25) is 0 Å². The molecule has 24 heavy (non-hydrogen) atoms. The van der Waals surface area contributed by atoms with Crippen LogP contribution in [0.3, 0.4) is 0 Å². The highest BCUT2D eigenvalue weighted by Crippen LogP contribution is 2.39. The highest BCUT2D eigenvalue weighted by atomic mass is 16.5. The van der Waals surface area contributed by atoms with E-state index in [0.29, 0.717) is 19.6 Å². The molecule has 1 aliphatic carbocycles. The maximum atomic E-state index is 12.9. The van der Waals surface area contributed by atoms with E-state index in [0.717, 1.165) is 29.5 Å². The third kappa shape index (κ3) is 3.65. The smallest absolute Gasteiger partial charge is 0.169 e. The zero-order valence-corrected chi connectivity index (χ0v) is 14.3. The number of hydrogen-bond donors (Lipinski definition) is 0. The van der Waals surface area contributed by atoms with Crippen molar-refractivity contribution in [3.05, 3.63) is 83.4 Å². The molecule has 1 atom stereocenters. The van der Waals surface area contributed by atoms with Crippen LogP contribution in [0.4, 0.5) is 0 Å². The van der Waals surface area contributed by atoms with Gasteiger partial charge in [-0.1, -0.05) is 73.7 Å². The Kier molecular flexibility index (Phi) is 4.96. The molecule has 0 spiro atoms. The van der Waals surface area contributed by atoms with Crippen LogP contribution in [0.5, 0.6) is 0 Å². The maximum Gasteiger partial charge on any atom is 0.169 e. The van der Waals surface area contributed by atoms with Gasteiger partial charge in [-0.3, -0.25) is 4.79 Å². The average molecular weight is 320 g/mol. The van der Waals surface area contributed by atoms with Crippen molar-refractivity contribution in [1.82, 2.24) is 0 Å². The standard InChI is InChI=1S/C22H24O2/c1-17(15-24-16-18-8-4-3-5-9-18)14-22(2)13-12-19-10-6-7-11-20(19)21(22)23/h3-11H,1,12-16H2,2H3. The molecule has 124 valence electrons. The largest absolute Gasteiger partial charge is 0.372 e. The van der Waals surface area contributed by atoms with Crippen molar-refractivity contribution < 1.29 is 9.53 Å². The summed E-state index contributed by atoms with van der Waals surface area (Å²) in [7, 11) is 0. The zero-order chi connectivity index (χ0) is 17.0. The molecule has 2 nitrogen and oxygen atoms in total. The lowest BCUT2D eigenvalue weighted by molar-refractivity contribution is 0.0768. The van der Waals surface area contributed by atoms with E-state index >= 15 is 0 Å². The summed E-state index contributed by atoms with van der Waals surface area (Å²) in [5, 5.41) is 0. The lowest BCUT2D eigenvalue weighted by Gasteiger charge is -2.34. The second kappa shape index (κ2) is 7.14. The summed E-state index contributed by atoms with van der Waals surface area (Å²) in [6, 6.07) is 18.1. The van der Waals surface area contributed by atoms with Gasteiger partial charge in [0, 0.05) is 11.0 Å². The first kappa shape index (κ1) is 16.7. The van der Waals surface area contributed by atoms with Crippen LogP contribution >= 0.6 is 0 Å². The molecule has 0 N–H and O–H groups in total. The Morgan fingerprint density at radius 1 is 1.12 bits per heavy atom. The molecule has 0 aliphatic heterocycles. The molecule has 2 aromatic carbocycles. The Labute approximate surface area is 144 Å². The monoisotopic (exact) mass is 320 g/mol. The van der Waals surface area contributed by atoms with Crippen LogP contribution in [0.15, 0.2) is 66.7 Å². The summed E-state index contributed by atoms with van der Waals surface area (Å²) in [5.41, 5.74) is 3.83. The van der Waals surface area contributed by atoms with E-state index in [1.807, 2.05) is 48.5 Å². The van der Waals surface area contributed by atoms with E-state index in [1.54, 1.807) is 0 Å². The van der Waals surface area contributed by atoms with Crippen LogP contribution in [-0.2, 0) is 17.8 Å². The van der Waals surface area contributed by atoms with Crippen molar-refractivity contribution >= 4 is 5.78 Å². The first-order chi connectivity index (χ1) is 11.6. The van der Waals surface area contributed by atoms with Gasteiger partial charge in [0.05, 0.1) is 13.2 Å². The topological polar surface area (TPSA) is 26.3 Å². The van der Waals surface area contributed by atoms with Gasteiger partial charge in [0.2, 0.25) is 0 Å². The molecule has 2 aromatic rings. The molecule has 3 rings (SSSR count). The van der Waals surface area contributed by atoms with E-state index in [2.05, 4.69) is 19.6 Å². The molecular formula is C22H24O2. The Morgan fingerprint density at radius 2 is 1.83 bits per heavy atom. The lowest BCUT2D eigenvalue weighted by Crippen LogP contribution is -2.34. The number of hydrogen-bond acceptors (Lipinski definition) is 2. The first-order valence-electron chi connectivity index (χ1n) is 8.49. The zero-order valence-electron chi connectivity index (χ0n) is 14.3. The number of aryl methyl sites for hydroxylation is 1. The second-order valence-electron chi connectivity index (χ2n) is 6.95. The number of Topliss-reactive ketones (excluding diaryl/α,β-unsaturated/α-hetero) is 1. The van der Waals surface area contributed by atoms with E-state index in [9.17, 15) is 4.79 Å². The third-order valence-electron chi connectivity index (χ3n) is 4.81. The molecule has 0 saturated heterocycles. The van der Waals surface area contributed by atoms with Crippen molar-refractivity contribution in [2.24, 2.45) is 5.41 Å². The predicted molar refractivity (Wildman–Crippen MR) is 97.1 cm³/mol. The number of ether oxygens (including phenoxy) is 1. The van der Waals surface area contributed by atoms with Gasteiger partial charge in [-0.25, -0.2) is 0 Å². The minimum absolute atomic E-state index is 0.244. The fourth-order valence-electron chi connectivity index (χ4n) is 3.47. The molecule has 0 bridgehead atoms.